The van der Waals surface area contributed by atoms with Crippen LogP contribution in [0.2, 0.25) is 0 Å². The molecule has 3 nitrogen and oxygen atoms in total. The molecule has 4 rings (SSSR count). The molecule has 0 atom stereocenters. The minimum Gasteiger partial charge on any atom is -0.278 e. The summed E-state index contributed by atoms with van der Waals surface area (Å²) in [5, 5.41) is 1.04. The second-order valence-electron chi connectivity index (χ2n) is 6.13. The van der Waals surface area contributed by atoms with Crippen molar-refractivity contribution in [3.63, 3.8) is 0 Å². The summed E-state index contributed by atoms with van der Waals surface area (Å²) < 4.78 is 0. The summed E-state index contributed by atoms with van der Waals surface area (Å²) in [5.74, 6) is 0.0897. The third-order valence-corrected chi connectivity index (χ3v) is 4.41. The summed E-state index contributed by atoms with van der Waals surface area (Å²) in [4.78, 5) is 19.3. The van der Waals surface area contributed by atoms with Gasteiger partial charge in [-0.05, 0) is 37.6 Å². The van der Waals surface area contributed by atoms with E-state index in [1.165, 1.54) is 0 Å². The number of pyridine rings is 1. The molecule has 108 valence electrons. The number of hydrogen-bond acceptors (Lipinski definition) is 2. The molecule has 2 heterocycles. The Bertz CT molecular complexity index is 893. The van der Waals surface area contributed by atoms with Crippen LogP contribution in [0.3, 0.4) is 0 Å². The molecule has 0 radical (unpaired) electrons. The Labute approximate surface area is 129 Å². The monoisotopic (exact) mass is 288 g/mol. The van der Waals surface area contributed by atoms with Gasteiger partial charge < -0.3 is 0 Å². The number of benzene rings is 2. The van der Waals surface area contributed by atoms with E-state index in [1.807, 2.05) is 73.3 Å². The smallest absolute Gasteiger partial charge is 0.241 e. The van der Waals surface area contributed by atoms with Gasteiger partial charge in [0.25, 0.3) is 0 Å². The molecule has 0 fully saturated rings. The number of carbonyl (C=O) groups excluding carboxylic acids is 1. The number of nitrogens with zero attached hydrogens (tertiary/aromatic N) is 2. The first-order chi connectivity index (χ1) is 10.6. The van der Waals surface area contributed by atoms with Crippen LogP contribution in [-0.2, 0) is 10.2 Å². The van der Waals surface area contributed by atoms with Gasteiger partial charge in [0.15, 0.2) is 0 Å². The average molecular weight is 288 g/mol. The molecule has 0 N–H and O–H groups in total. The first kappa shape index (κ1) is 13.0. The normalized spacial score (nSPS) is 16.1. The van der Waals surface area contributed by atoms with Crippen LogP contribution in [0.4, 0.5) is 11.4 Å². The second kappa shape index (κ2) is 4.41. The third kappa shape index (κ3) is 1.62. The summed E-state index contributed by atoms with van der Waals surface area (Å²) in [6, 6.07) is 17.9. The zero-order valence-corrected chi connectivity index (χ0v) is 12.6. The topological polar surface area (TPSA) is 33.2 Å². The van der Waals surface area contributed by atoms with Crippen molar-refractivity contribution in [3.8, 4) is 0 Å². The van der Waals surface area contributed by atoms with Crippen LogP contribution in [0.15, 0.2) is 60.8 Å². The number of para-hydroxylation sites is 2. The molecule has 3 aromatic rings. The number of anilines is 2. The van der Waals surface area contributed by atoms with Crippen molar-refractivity contribution in [3.05, 3.63) is 66.4 Å². The van der Waals surface area contributed by atoms with Gasteiger partial charge >= 0.3 is 0 Å². The van der Waals surface area contributed by atoms with E-state index in [-0.39, 0.29) is 5.91 Å². The van der Waals surface area contributed by atoms with Gasteiger partial charge in [-0.25, -0.2) is 0 Å². The molecule has 0 spiro atoms. The quantitative estimate of drug-likeness (QED) is 0.672. The van der Waals surface area contributed by atoms with Crippen LogP contribution in [0.1, 0.15) is 19.4 Å². The van der Waals surface area contributed by atoms with Gasteiger partial charge in [-0.15, -0.1) is 0 Å². The molecular weight excluding hydrogens is 272 g/mol. The fourth-order valence-corrected chi connectivity index (χ4v) is 3.21. The molecule has 22 heavy (non-hydrogen) atoms. The standard InChI is InChI=1S/C19H16N2O/c1-19(2)14-9-3-4-10-15(14)21(18(19)22)16-11-5-7-13-8-6-12-20-17(13)16/h3-12H,1-2H3. The maximum absolute atomic E-state index is 13.0. The highest BCUT2D eigenvalue weighted by molar-refractivity contribution is 6.15. The maximum atomic E-state index is 13.0. The summed E-state index contributed by atoms with van der Waals surface area (Å²) in [5.41, 5.74) is 3.20. The van der Waals surface area contributed by atoms with Crippen LogP contribution in [0.5, 0.6) is 0 Å². The molecule has 1 aliphatic heterocycles. The molecule has 1 aromatic heterocycles. The van der Waals surface area contributed by atoms with Crippen molar-refractivity contribution in [2.24, 2.45) is 0 Å². The lowest BCUT2D eigenvalue weighted by Crippen LogP contribution is -2.33. The Morgan fingerprint density at radius 1 is 0.909 bits per heavy atom. The average Bonchev–Trinajstić information content (AvgIpc) is 2.75. The first-order valence-corrected chi connectivity index (χ1v) is 7.38. The van der Waals surface area contributed by atoms with Crippen LogP contribution in [-0.4, -0.2) is 10.9 Å². The van der Waals surface area contributed by atoms with Crippen molar-refractivity contribution in [1.82, 2.24) is 4.98 Å². The molecule has 0 aliphatic carbocycles. The van der Waals surface area contributed by atoms with E-state index in [1.54, 1.807) is 6.20 Å². The highest BCUT2D eigenvalue weighted by Crippen LogP contribution is 2.46. The summed E-state index contributed by atoms with van der Waals surface area (Å²) in [6.45, 7) is 3.96. The maximum Gasteiger partial charge on any atom is 0.241 e. The van der Waals surface area contributed by atoms with Crippen molar-refractivity contribution in [2.75, 3.05) is 4.90 Å². The fourth-order valence-electron chi connectivity index (χ4n) is 3.21. The first-order valence-electron chi connectivity index (χ1n) is 7.38. The predicted molar refractivity (Wildman–Crippen MR) is 88.4 cm³/mol. The highest BCUT2D eigenvalue weighted by atomic mass is 16.2. The molecule has 0 saturated carbocycles. The molecule has 0 saturated heterocycles. The second-order valence-corrected chi connectivity index (χ2v) is 6.13. The number of hydrogen-bond donors (Lipinski definition) is 0. The Balaban J connectivity index is 2.02. The zero-order valence-electron chi connectivity index (χ0n) is 12.6. The fraction of sp³-hybridized carbons (Fsp3) is 0.158. The van der Waals surface area contributed by atoms with E-state index in [2.05, 4.69) is 4.98 Å². The molecule has 0 bridgehead atoms. The lowest BCUT2D eigenvalue weighted by atomic mass is 9.86. The van der Waals surface area contributed by atoms with Gasteiger partial charge in [0.05, 0.1) is 22.3 Å². The largest absolute Gasteiger partial charge is 0.278 e. The highest BCUT2D eigenvalue weighted by Gasteiger charge is 2.44. The van der Waals surface area contributed by atoms with Crippen molar-refractivity contribution in [2.45, 2.75) is 19.3 Å². The van der Waals surface area contributed by atoms with Crippen LogP contribution < -0.4 is 4.90 Å². The number of carbonyl (C=O) groups is 1. The molecule has 3 heteroatoms. The van der Waals surface area contributed by atoms with E-state index in [0.717, 1.165) is 27.8 Å². The minimum atomic E-state index is -0.520. The Hall–Kier alpha value is -2.68. The zero-order chi connectivity index (χ0) is 15.3. The van der Waals surface area contributed by atoms with E-state index >= 15 is 0 Å². The number of amides is 1. The Kier molecular flexibility index (Phi) is 2.61. The van der Waals surface area contributed by atoms with Crippen LogP contribution >= 0.6 is 0 Å². The van der Waals surface area contributed by atoms with Gasteiger partial charge in [-0.3, -0.25) is 14.7 Å². The minimum absolute atomic E-state index is 0.0897. The summed E-state index contributed by atoms with van der Waals surface area (Å²) >= 11 is 0. The van der Waals surface area contributed by atoms with Gasteiger partial charge in [0, 0.05) is 11.6 Å². The lowest BCUT2D eigenvalue weighted by Gasteiger charge is -2.21. The van der Waals surface area contributed by atoms with E-state index in [0.29, 0.717) is 0 Å². The van der Waals surface area contributed by atoms with Gasteiger partial charge in [-0.2, -0.15) is 0 Å². The van der Waals surface area contributed by atoms with Crippen LogP contribution in [0, 0.1) is 0 Å². The number of rotatable bonds is 1. The molecule has 2 aromatic carbocycles. The van der Waals surface area contributed by atoms with E-state index in [4.69, 9.17) is 0 Å². The predicted octanol–water partition coefficient (Wildman–Crippen LogP) is 4.19. The molecule has 1 amide bonds. The van der Waals surface area contributed by atoms with Crippen molar-refractivity contribution >= 4 is 28.2 Å². The number of aromatic nitrogens is 1. The summed E-state index contributed by atoms with van der Waals surface area (Å²) in [6.07, 6.45) is 1.77. The summed E-state index contributed by atoms with van der Waals surface area (Å²) in [7, 11) is 0. The van der Waals surface area contributed by atoms with Crippen LogP contribution in [0.25, 0.3) is 10.9 Å². The van der Waals surface area contributed by atoms with E-state index < -0.39 is 5.41 Å². The van der Waals surface area contributed by atoms with Gasteiger partial charge in [0.2, 0.25) is 5.91 Å². The van der Waals surface area contributed by atoms with Crippen molar-refractivity contribution in [1.29, 1.82) is 0 Å². The van der Waals surface area contributed by atoms with E-state index in [9.17, 15) is 4.79 Å². The molecular formula is C19H16N2O. The Morgan fingerprint density at radius 3 is 2.50 bits per heavy atom. The lowest BCUT2D eigenvalue weighted by molar-refractivity contribution is -0.121. The SMILES string of the molecule is CC1(C)C(=O)N(c2cccc3cccnc23)c2ccccc21. The number of fused-ring (bicyclic) bond motifs is 2. The van der Waals surface area contributed by atoms with Crippen molar-refractivity contribution < 1.29 is 4.79 Å². The Morgan fingerprint density at radius 2 is 1.64 bits per heavy atom. The molecule has 1 aliphatic rings. The molecule has 0 unspecified atom stereocenters. The van der Waals surface area contributed by atoms with Gasteiger partial charge in [-0.1, -0.05) is 36.4 Å². The third-order valence-electron chi connectivity index (χ3n) is 4.41. The van der Waals surface area contributed by atoms with Gasteiger partial charge in [0.1, 0.15) is 0 Å².